The molecule has 0 aliphatic carbocycles. The smallest absolute Gasteiger partial charge is 0.244 e. The second kappa shape index (κ2) is 11.1. The van der Waals surface area contributed by atoms with E-state index >= 15 is 0 Å². The van der Waals surface area contributed by atoms with Crippen LogP contribution in [0.3, 0.4) is 0 Å². The zero-order valence-electron chi connectivity index (χ0n) is 18.5. The predicted molar refractivity (Wildman–Crippen MR) is 127 cm³/mol. The Hall–Kier alpha value is -2.13. The third-order valence-electron chi connectivity index (χ3n) is 5.53. The summed E-state index contributed by atoms with van der Waals surface area (Å²) < 4.78 is 32.7. The number of sulfonamides is 1. The summed E-state index contributed by atoms with van der Waals surface area (Å²) in [6.45, 7) is 4.46. The number of likely N-dealkylation sites (N-methyl/N-ethyl adjacent to an activating group) is 1. The lowest BCUT2D eigenvalue weighted by atomic mass is 10.2. The van der Waals surface area contributed by atoms with Crippen molar-refractivity contribution >= 4 is 33.2 Å². The third-order valence-corrected chi connectivity index (χ3v) is 7.91. The van der Waals surface area contributed by atoms with Crippen molar-refractivity contribution in [1.29, 1.82) is 0 Å². The number of anilines is 1. The van der Waals surface area contributed by atoms with Crippen molar-refractivity contribution < 1.29 is 17.9 Å². The number of benzene rings is 2. The SMILES string of the molecule is CCN(CC(=O)Nc1ccc(Cl)c(S(=O)(=O)N2CCCCC2)c1)Cc1ccc(OC)cc1. The van der Waals surface area contributed by atoms with E-state index in [-0.39, 0.29) is 22.4 Å². The molecule has 0 radical (unpaired) electrons. The Kier molecular flexibility index (Phi) is 8.53. The summed E-state index contributed by atoms with van der Waals surface area (Å²) in [5.74, 6) is 0.566. The molecule has 2 aromatic carbocycles. The molecule has 1 amide bonds. The fourth-order valence-electron chi connectivity index (χ4n) is 3.70. The lowest BCUT2D eigenvalue weighted by molar-refractivity contribution is -0.117. The molecule has 3 rings (SSSR count). The summed E-state index contributed by atoms with van der Waals surface area (Å²) in [6, 6.07) is 12.3. The Balaban J connectivity index is 1.66. The number of rotatable bonds is 9. The molecule has 174 valence electrons. The zero-order chi connectivity index (χ0) is 23.1. The van der Waals surface area contributed by atoms with E-state index in [9.17, 15) is 13.2 Å². The minimum atomic E-state index is -3.70. The molecular formula is C23H30ClN3O4S. The quantitative estimate of drug-likeness (QED) is 0.588. The molecule has 1 aliphatic rings. The Morgan fingerprint density at radius 3 is 2.44 bits per heavy atom. The van der Waals surface area contributed by atoms with Gasteiger partial charge in [-0.05, 0) is 55.3 Å². The number of hydrogen-bond donors (Lipinski definition) is 1. The number of methoxy groups -OCH3 is 1. The molecule has 7 nitrogen and oxygen atoms in total. The molecule has 1 fully saturated rings. The van der Waals surface area contributed by atoms with E-state index < -0.39 is 10.0 Å². The Bertz CT molecular complexity index is 1020. The van der Waals surface area contributed by atoms with Crippen molar-refractivity contribution in [3.05, 3.63) is 53.1 Å². The summed E-state index contributed by atoms with van der Waals surface area (Å²) in [4.78, 5) is 14.7. The molecule has 0 aromatic heterocycles. The van der Waals surface area contributed by atoms with E-state index in [1.54, 1.807) is 13.2 Å². The molecule has 1 aliphatic heterocycles. The van der Waals surface area contributed by atoms with Crippen LogP contribution in [0.2, 0.25) is 5.02 Å². The van der Waals surface area contributed by atoms with Gasteiger partial charge in [-0.2, -0.15) is 4.31 Å². The number of amides is 1. The van der Waals surface area contributed by atoms with Gasteiger partial charge in [0, 0.05) is 25.3 Å². The third kappa shape index (κ3) is 6.22. The van der Waals surface area contributed by atoms with Crippen LogP contribution >= 0.6 is 11.6 Å². The first-order valence-corrected chi connectivity index (χ1v) is 12.6. The monoisotopic (exact) mass is 479 g/mol. The number of carbonyl (C=O) groups is 1. The molecule has 1 heterocycles. The lowest BCUT2D eigenvalue weighted by Gasteiger charge is -2.26. The fourth-order valence-corrected chi connectivity index (χ4v) is 5.71. The number of hydrogen-bond acceptors (Lipinski definition) is 5. The second-order valence-corrected chi connectivity index (χ2v) is 10.1. The summed E-state index contributed by atoms with van der Waals surface area (Å²) in [6.07, 6.45) is 2.71. The lowest BCUT2D eigenvalue weighted by Crippen LogP contribution is -2.36. The molecule has 9 heteroatoms. The van der Waals surface area contributed by atoms with Crippen LogP contribution in [0.4, 0.5) is 5.69 Å². The van der Waals surface area contributed by atoms with Crippen molar-refractivity contribution in [2.75, 3.05) is 38.6 Å². The van der Waals surface area contributed by atoms with Crippen LogP contribution < -0.4 is 10.1 Å². The number of ether oxygens (including phenoxy) is 1. The highest BCUT2D eigenvalue weighted by Gasteiger charge is 2.28. The Morgan fingerprint density at radius 2 is 1.81 bits per heavy atom. The van der Waals surface area contributed by atoms with Gasteiger partial charge in [0.15, 0.2) is 0 Å². The van der Waals surface area contributed by atoms with Crippen molar-refractivity contribution in [2.24, 2.45) is 0 Å². The number of nitrogens with zero attached hydrogens (tertiary/aromatic N) is 2. The summed E-state index contributed by atoms with van der Waals surface area (Å²) in [5.41, 5.74) is 1.48. The van der Waals surface area contributed by atoms with Gasteiger partial charge in [-0.15, -0.1) is 0 Å². The zero-order valence-corrected chi connectivity index (χ0v) is 20.1. The highest BCUT2D eigenvalue weighted by Crippen LogP contribution is 2.29. The van der Waals surface area contributed by atoms with E-state index in [0.29, 0.717) is 31.9 Å². The van der Waals surface area contributed by atoms with E-state index in [0.717, 1.165) is 30.6 Å². The second-order valence-electron chi connectivity index (χ2n) is 7.81. The van der Waals surface area contributed by atoms with Crippen LogP contribution in [-0.4, -0.2) is 56.8 Å². The van der Waals surface area contributed by atoms with Crippen molar-refractivity contribution in [1.82, 2.24) is 9.21 Å². The van der Waals surface area contributed by atoms with Crippen molar-refractivity contribution in [3.63, 3.8) is 0 Å². The number of halogens is 1. The van der Waals surface area contributed by atoms with Crippen LogP contribution in [-0.2, 0) is 21.4 Å². The Morgan fingerprint density at radius 1 is 1.12 bits per heavy atom. The fraction of sp³-hybridized carbons (Fsp3) is 0.435. The minimum Gasteiger partial charge on any atom is -0.497 e. The first kappa shape index (κ1) is 24.5. The maximum Gasteiger partial charge on any atom is 0.244 e. The summed E-state index contributed by atoms with van der Waals surface area (Å²) >= 11 is 6.22. The highest BCUT2D eigenvalue weighted by atomic mass is 35.5. The van der Waals surface area contributed by atoms with Gasteiger partial charge in [0.05, 0.1) is 18.7 Å². The van der Waals surface area contributed by atoms with Gasteiger partial charge in [-0.25, -0.2) is 8.42 Å². The molecule has 0 spiro atoms. The Labute approximate surface area is 195 Å². The first-order valence-electron chi connectivity index (χ1n) is 10.8. The van der Waals surface area contributed by atoms with Gasteiger partial charge in [-0.3, -0.25) is 9.69 Å². The normalized spacial score (nSPS) is 15.0. The summed E-state index contributed by atoms with van der Waals surface area (Å²) in [7, 11) is -2.07. The minimum absolute atomic E-state index is 0.0319. The standard InChI is InChI=1S/C23H30ClN3O4S/c1-3-26(16-18-7-10-20(31-2)11-8-18)17-23(28)25-19-9-12-21(24)22(15-19)32(29,30)27-13-5-4-6-14-27/h7-12,15H,3-6,13-14,16-17H2,1-2H3,(H,25,28). The average molecular weight is 480 g/mol. The molecule has 0 atom stereocenters. The van der Waals surface area contributed by atoms with E-state index in [1.165, 1.54) is 16.4 Å². The molecule has 1 saturated heterocycles. The molecule has 1 N–H and O–H groups in total. The molecule has 0 unspecified atom stereocenters. The molecule has 0 saturated carbocycles. The summed E-state index contributed by atoms with van der Waals surface area (Å²) in [5, 5.41) is 2.97. The molecule has 2 aromatic rings. The van der Waals surface area contributed by atoms with Gasteiger partial charge in [0.25, 0.3) is 0 Å². The van der Waals surface area contributed by atoms with E-state index in [4.69, 9.17) is 16.3 Å². The van der Waals surface area contributed by atoms with Crippen LogP contribution in [0.5, 0.6) is 5.75 Å². The van der Waals surface area contributed by atoms with Gasteiger partial charge in [-0.1, -0.05) is 37.1 Å². The number of carbonyl (C=O) groups excluding carboxylic acids is 1. The molecule has 32 heavy (non-hydrogen) atoms. The van der Waals surface area contributed by atoms with Gasteiger partial charge >= 0.3 is 0 Å². The maximum absolute atomic E-state index is 13.0. The van der Waals surface area contributed by atoms with E-state index in [1.807, 2.05) is 36.1 Å². The highest BCUT2D eigenvalue weighted by molar-refractivity contribution is 7.89. The van der Waals surface area contributed by atoms with Crippen LogP contribution in [0, 0.1) is 0 Å². The largest absolute Gasteiger partial charge is 0.497 e. The van der Waals surface area contributed by atoms with Gasteiger partial charge in [0.1, 0.15) is 10.6 Å². The van der Waals surface area contributed by atoms with Crippen molar-refractivity contribution in [2.45, 2.75) is 37.6 Å². The first-order chi connectivity index (χ1) is 15.3. The van der Waals surface area contributed by atoms with E-state index in [2.05, 4.69) is 5.32 Å². The van der Waals surface area contributed by atoms with Crippen LogP contribution in [0.15, 0.2) is 47.4 Å². The number of nitrogens with one attached hydrogen (secondary N) is 1. The van der Waals surface area contributed by atoms with Gasteiger partial charge in [0.2, 0.25) is 15.9 Å². The molecular weight excluding hydrogens is 450 g/mol. The topological polar surface area (TPSA) is 79.0 Å². The van der Waals surface area contributed by atoms with Crippen LogP contribution in [0.25, 0.3) is 0 Å². The van der Waals surface area contributed by atoms with Crippen LogP contribution in [0.1, 0.15) is 31.7 Å². The van der Waals surface area contributed by atoms with Crippen molar-refractivity contribution in [3.8, 4) is 5.75 Å². The maximum atomic E-state index is 13.0. The van der Waals surface area contributed by atoms with Gasteiger partial charge < -0.3 is 10.1 Å². The number of piperidine rings is 1. The predicted octanol–water partition coefficient (Wildman–Crippen LogP) is 3.98. The molecule has 0 bridgehead atoms. The average Bonchev–Trinajstić information content (AvgIpc) is 2.80.